The Kier molecular flexibility index (Phi) is 5.87. The van der Waals surface area contributed by atoms with E-state index in [0.717, 1.165) is 34.0 Å². The van der Waals surface area contributed by atoms with Gasteiger partial charge in [-0.1, -0.05) is 17.7 Å². The van der Waals surface area contributed by atoms with E-state index in [0.29, 0.717) is 18.1 Å². The number of carboxylic acid groups (broad SMARTS) is 1. The van der Waals surface area contributed by atoms with Gasteiger partial charge >= 0.3 is 5.97 Å². The van der Waals surface area contributed by atoms with Crippen molar-refractivity contribution < 1.29 is 14.6 Å². The van der Waals surface area contributed by atoms with E-state index in [2.05, 4.69) is 22.0 Å². The maximum absolute atomic E-state index is 11.2. The second-order valence-corrected chi connectivity index (χ2v) is 7.16. The lowest BCUT2D eigenvalue weighted by atomic mass is 10.1. The van der Waals surface area contributed by atoms with Crippen molar-refractivity contribution >= 4 is 23.6 Å². The van der Waals surface area contributed by atoms with Gasteiger partial charge in [-0.25, -0.2) is 9.98 Å². The van der Waals surface area contributed by atoms with Crippen LogP contribution in [0, 0.1) is 6.92 Å². The Morgan fingerprint density at radius 2 is 2.07 bits per heavy atom. The first kappa shape index (κ1) is 20.4. The molecule has 2 aromatic rings. The lowest BCUT2D eigenvalue weighted by Gasteiger charge is -2.29. The van der Waals surface area contributed by atoms with E-state index in [9.17, 15) is 4.79 Å². The number of anilines is 1. The van der Waals surface area contributed by atoms with Crippen molar-refractivity contribution in [1.82, 2.24) is 9.55 Å². The number of amidine groups is 1. The first-order chi connectivity index (χ1) is 13.8. The van der Waals surface area contributed by atoms with E-state index in [1.54, 1.807) is 18.0 Å². The number of nitrogens with zero attached hydrogens (tertiary/aromatic N) is 4. The van der Waals surface area contributed by atoms with Gasteiger partial charge in [0, 0.05) is 23.5 Å². The number of aliphatic carboxylic acids is 1. The predicted molar refractivity (Wildman–Crippen MR) is 115 cm³/mol. The van der Waals surface area contributed by atoms with Crippen molar-refractivity contribution in [3.63, 3.8) is 0 Å². The number of imidazole rings is 1. The van der Waals surface area contributed by atoms with Crippen LogP contribution in [0.25, 0.3) is 6.08 Å². The number of methoxy groups -OCH3 is 1. The lowest BCUT2D eigenvalue weighted by Crippen LogP contribution is -2.35. The summed E-state index contributed by atoms with van der Waals surface area (Å²) in [6, 6.07) is 5.92. The summed E-state index contributed by atoms with van der Waals surface area (Å²) >= 11 is 0. The van der Waals surface area contributed by atoms with Gasteiger partial charge in [0.1, 0.15) is 18.0 Å². The molecule has 3 rings (SSSR count). The summed E-state index contributed by atoms with van der Waals surface area (Å²) in [5.41, 5.74) is 5.47. The predicted octanol–water partition coefficient (Wildman–Crippen LogP) is 3.88. The van der Waals surface area contributed by atoms with Gasteiger partial charge in [-0.15, -0.1) is 0 Å². The Morgan fingerprint density at radius 3 is 2.72 bits per heavy atom. The highest BCUT2D eigenvalue weighted by molar-refractivity contribution is 6.11. The van der Waals surface area contributed by atoms with Gasteiger partial charge in [-0.05, 0) is 45.9 Å². The summed E-state index contributed by atoms with van der Waals surface area (Å²) in [7, 11) is 1.65. The molecule has 1 N–H and O–H groups in total. The maximum Gasteiger partial charge on any atom is 0.323 e. The molecule has 0 saturated heterocycles. The van der Waals surface area contributed by atoms with E-state index in [1.165, 1.54) is 0 Å². The Hall–Kier alpha value is -3.35. The standard InChI is InChI=1S/C22H26N4O3/c1-14(2)15(3)24-22(21-16(4)25(13-23-21)12-20(27)28)26-10-6-7-17-11-18(29-5)8-9-19(17)26/h6-9,11,13H,10,12H2,1-5H3,(H,27,28). The lowest BCUT2D eigenvalue weighted by molar-refractivity contribution is -0.137. The number of carbonyl (C=O) groups is 1. The molecule has 0 bridgehead atoms. The van der Waals surface area contributed by atoms with Crippen LogP contribution in [-0.4, -0.2) is 40.1 Å². The minimum atomic E-state index is -0.908. The molecule has 0 radical (unpaired) electrons. The molecule has 0 aliphatic carbocycles. The van der Waals surface area contributed by atoms with Crippen LogP contribution in [0.2, 0.25) is 0 Å². The number of benzene rings is 1. The number of aromatic nitrogens is 2. The summed E-state index contributed by atoms with van der Waals surface area (Å²) in [5, 5.41) is 9.17. The monoisotopic (exact) mass is 394 g/mol. The van der Waals surface area contributed by atoms with E-state index in [1.807, 2.05) is 45.9 Å². The average Bonchev–Trinajstić information content (AvgIpc) is 3.04. The fourth-order valence-electron chi connectivity index (χ4n) is 3.10. The van der Waals surface area contributed by atoms with Crippen molar-refractivity contribution in [2.24, 2.45) is 4.99 Å². The highest BCUT2D eigenvalue weighted by Gasteiger charge is 2.24. The zero-order chi connectivity index (χ0) is 21.1. The normalized spacial score (nSPS) is 13.3. The molecular formula is C22H26N4O3. The van der Waals surface area contributed by atoms with Crippen molar-refractivity contribution in [1.29, 1.82) is 0 Å². The van der Waals surface area contributed by atoms with Gasteiger partial charge in [0.2, 0.25) is 0 Å². The third-order valence-electron chi connectivity index (χ3n) is 4.98. The summed E-state index contributed by atoms with van der Waals surface area (Å²) in [4.78, 5) is 22.7. The van der Waals surface area contributed by atoms with Crippen LogP contribution in [0.5, 0.6) is 5.75 Å². The number of fused-ring (bicyclic) bond motifs is 1. The van der Waals surface area contributed by atoms with Gasteiger partial charge in [-0.2, -0.15) is 0 Å². The molecule has 0 unspecified atom stereocenters. The Balaban J connectivity index is 2.15. The number of hydrogen-bond acceptors (Lipinski definition) is 4. The number of hydrogen-bond donors (Lipinski definition) is 1. The van der Waals surface area contributed by atoms with E-state index < -0.39 is 5.97 Å². The molecule has 1 aliphatic rings. The second-order valence-electron chi connectivity index (χ2n) is 7.16. The van der Waals surface area contributed by atoms with Crippen molar-refractivity contribution in [2.75, 3.05) is 18.6 Å². The SMILES string of the molecule is COc1ccc2c(c1)C=CCN2C(=NC(C)=C(C)C)c1ncn(CC(=O)O)c1C. The molecule has 0 amide bonds. The summed E-state index contributed by atoms with van der Waals surface area (Å²) in [6.45, 7) is 8.37. The average molecular weight is 394 g/mol. The van der Waals surface area contributed by atoms with Crippen LogP contribution >= 0.6 is 0 Å². The molecule has 2 heterocycles. The van der Waals surface area contributed by atoms with Crippen LogP contribution in [0.4, 0.5) is 5.69 Å². The van der Waals surface area contributed by atoms with Gasteiger partial charge in [0.25, 0.3) is 0 Å². The molecule has 0 spiro atoms. The van der Waals surface area contributed by atoms with Crippen molar-refractivity contribution in [3.8, 4) is 5.75 Å². The zero-order valence-corrected chi connectivity index (χ0v) is 17.4. The highest BCUT2D eigenvalue weighted by atomic mass is 16.5. The molecule has 1 aliphatic heterocycles. The number of allylic oxidation sites excluding steroid dienone is 2. The summed E-state index contributed by atoms with van der Waals surface area (Å²) < 4.78 is 6.98. The number of carboxylic acids is 1. The van der Waals surface area contributed by atoms with Crippen LogP contribution < -0.4 is 9.64 Å². The molecule has 0 atom stereocenters. The smallest absolute Gasteiger partial charge is 0.323 e. The first-order valence-corrected chi connectivity index (χ1v) is 9.40. The van der Waals surface area contributed by atoms with Crippen LogP contribution in [0.15, 0.2) is 46.9 Å². The highest BCUT2D eigenvalue weighted by Crippen LogP contribution is 2.31. The fourth-order valence-corrected chi connectivity index (χ4v) is 3.10. The van der Waals surface area contributed by atoms with Gasteiger partial charge in [0.15, 0.2) is 5.84 Å². The minimum absolute atomic E-state index is 0.137. The Bertz CT molecular complexity index is 1030. The number of ether oxygens (including phenoxy) is 1. The van der Waals surface area contributed by atoms with Gasteiger partial charge in [0.05, 0.1) is 19.1 Å². The van der Waals surface area contributed by atoms with Crippen LogP contribution in [-0.2, 0) is 11.3 Å². The third kappa shape index (κ3) is 4.23. The zero-order valence-electron chi connectivity index (χ0n) is 17.4. The van der Waals surface area contributed by atoms with Crippen molar-refractivity contribution in [3.05, 3.63) is 58.8 Å². The summed E-state index contributed by atoms with van der Waals surface area (Å²) in [6.07, 6.45) is 5.69. The van der Waals surface area contributed by atoms with Crippen molar-refractivity contribution in [2.45, 2.75) is 34.2 Å². The fraction of sp³-hybridized carbons (Fsp3) is 0.318. The molecule has 0 saturated carbocycles. The van der Waals surface area contributed by atoms with Gasteiger partial charge in [-0.3, -0.25) is 4.79 Å². The molecule has 0 fully saturated rings. The first-order valence-electron chi connectivity index (χ1n) is 9.40. The second kappa shape index (κ2) is 8.34. The molecule has 1 aromatic carbocycles. The van der Waals surface area contributed by atoms with Crippen LogP contribution in [0.1, 0.15) is 37.7 Å². The molecular weight excluding hydrogens is 368 g/mol. The minimum Gasteiger partial charge on any atom is -0.497 e. The largest absolute Gasteiger partial charge is 0.497 e. The molecule has 152 valence electrons. The Labute approximate surface area is 170 Å². The Morgan fingerprint density at radius 1 is 1.31 bits per heavy atom. The van der Waals surface area contributed by atoms with Crippen LogP contribution in [0.3, 0.4) is 0 Å². The molecule has 7 heteroatoms. The molecule has 7 nitrogen and oxygen atoms in total. The molecule has 29 heavy (non-hydrogen) atoms. The van der Waals surface area contributed by atoms with E-state index >= 15 is 0 Å². The molecule has 1 aromatic heterocycles. The van der Waals surface area contributed by atoms with Gasteiger partial charge < -0.3 is 19.3 Å². The summed E-state index contributed by atoms with van der Waals surface area (Å²) in [5.74, 6) is 0.576. The topological polar surface area (TPSA) is 80.0 Å². The van der Waals surface area contributed by atoms with E-state index in [4.69, 9.17) is 14.8 Å². The third-order valence-corrected chi connectivity index (χ3v) is 4.98. The van der Waals surface area contributed by atoms with E-state index in [-0.39, 0.29) is 6.54 Å². The maximum atomic E-state index is 11.2. The quantitative estimate of drug-likeness (QED) is 0.615. The number of aliphatic imine (C=N–C) groups is 1. The number of rotatable bonds is 5.